The van der Waals surface area contributed by atoms with Gasteiger partial charge in [-0.05, 0) is 35.2 Å². The molecule has 2 aromatic rings. The summed E-state index contributed by atoms with van der Waals surface area (Å²) in [6.45, 7) is 0.165. The first-order valence-electron chi connectivity index (χ1n) is 6.11. The lowest BCUT2D eigenvalue weighted by Crippen LogP contribution is -2.04. The van der Waals surface area contributed by atoms with Crippen molar-refractivity contribution in [3.63, 3.8) is 0 Å². The molecule has 0 unspecified atom stereocenters. The molecule has 1 heterocycles. The zero-order valence-electron chi connectivity index (χ0n) is 10.9. The minimum atomic E-state index is -1.19. The monoisotopic (exact) mass is 310 g/mol. The maximum Gasteiger partial charge on any atom is 0.328 e. The molecule has 3 nitrogen and oxygen atoms in total. The zero-order valence-corrected chi connectivity index (χ0v) is 11.7. The molecule has 0 spiro atoms. The molecule has 0 aliphatic rings. The van der Waals surface area contributed by atoms with E-state index in [4.69, 9.17) is 9.84 Å². The standard InChI is InChI=1S/C15H12F2O3S/c16-12-8-10(3-4-14(18)19)9-13(17)15(12)20-6-5-11-2-1-7-21-11/h1-4,7-9H,5-6H2,(H,18,19). The smallest absolute Gasteiger partial charge is 0.328 e. The maximum atomic E-state index is 13.8. The van der Waals surface area contributed by atoms with Crippen molar-refractivity contribution in [2.24, 2.45) is 0 Å². The fourth-order valence-electron chi connectivity index (χ4n) is 1.69. The van der Waals surface area contributed by atoms with E-state index in [1.54, 1.807) is 11.3 Å². The van der Waals surface area contributed by atoms with E-state index in [1.165, 1.54) is 0 Å². The van der Waals surface area contributed by atoms with Crippen LogP contribution in [0, 0.1) is 11.6 Å². The Labute approximate surface area is 124 Å². The molecule has 0 bridgehead atoms. The number of carboxylic acids is 1. The lowest BCUT2D eigenvalue weighted by atomic mass is 10.2. The SMILES string of the molecule is O=C(O)C=Cc1cc(F)c(OCCc2cccs2)c(F)c1. The number of ether oxygens (including phenoxy) is 1. The molecule has 21 heavy (non-hydrogen) atoms. The van der Waals surface area contributed by atoms with Gasteiger partial charge >= 0.3 is 5.97 Å². The first-order valence-corrected chi connectivity index (χ1v) is 6.99. The van der Waals surface area contributed by atoms with E-state index in [9.17, 15) is 13.6 Å². The maximum absolute atomic E-state index is 13.8. The van der Waals surface area contributed by atoms with Crippen LogP contribution in [0.2, 0.25) is 0 Å². The van der Waals surface area contributed by atoms with Crippen LogP contribution in [0.1, 0.15) is 10.4 Å². The fourth-order valence-corrected chi connectivity index (χ4v) is 2.38. The normalized spacial score (nSPS) is 11.0. The molecular formula is C15H12F2O3S. The fraction of sp³-hybridized carbons (Fsp3) is 0.133. The molecule has 0 amide bonds. The van der Waals surface area contributed by atoms with Crippen LogP contribution in [0.25, 0.3) is 6.08 Å². The Morgan fingerprint density at radius 2 is 2.05 bits per heavy atom. The highest BCUT2D eigenvalue weighted by Gasteiger charge is 2.12. The van der Waals surface area contributed by atoms with Crippen LogP contribution in [-0.2, 0) is 11.2 Å². The van der Waals surface area contributed by atoms with Gasteiger partial charge in [0.2, 0.25) is 0 Å². The molecule has 1 aromatic carbocycles. The van der Waals surface area contributed by atoms with Gasteiger partial charge in [0.1, 0.15) is 0 Å². The highest BCUT2D eigenvalue weighted by molar-refractivity contribution is 7.09. The van der Waals surface area contributed by atoms with Gasteiger partial charge in [-0.1, -0.05) is 6.07 Å². The average Bonchev–Trinajstić information content (AvgIpc) is 2.92. The van der Waals surface area contributed by atoms with E-state index < -0.39 is 23.4 Å². The van der Waals surface area contributed by atoms with Crippen molar-refractivity contribution in [1.29, 1.82) is 0 Å². The van der Waals surface area contributed by atoms with Crippen molar-refractivity contribution in [1.82, 2.24) is 0 Å². The Morgan fingerprint density at radius 3 is 2.62 bits per heavy atom. The Hall–Kier alpha value is -2.21. The predicted octanol–water partition coefficient (Wildman–Crippen LogP) is 3.75. The van der Waals surface area contributed by atoms with Gasteiger partial charge < -0.3 is 9.84 Å². The number of benzene rings is 1. The van der Waals surface area contributed by atoms with Gasteiger partial charge in [0.25, 0.3) is 0 Å². The van der Waals surface area contributed by atoms with Crippen LogP contribution in [0.5, 0.6) is 5.75 Å². The second kappa shape index (κ2) is 6.99. The second-order valence-corrected chi connectivity index (χ2v) is 5.20. The van der Waals surface area contributed by atoms with Gasteiger partial charge in [0, 0.05) is 17.4 Å². The molecule has 0 atom stereocenters. The quantitative estimate of drug-likeness (QED) is 0.827. The number of carbonyl (C=O) groups is 1. The predicted molar refractivity (Wildman–Crippen MR) is 76.5 cm³/mol. The number of halogens is 2. The van der Waals surface area contributed by atoms with Gasteiger partial charge in [-0.25, -0.2) is 13.6 Å². The number of aliphatic carboxylic acids is 1. The summed E-state index contributed by atoms with van der Waals surface area (Å²) in [6.07, 6.45) is 2.49. The molecule has 6 heteroatoms. The zero-order chi connectivity index (χ0) is 15.2. The Balaban J connectivity index is 2.04. The lowest BCUT2D eigenvalue weighted by molar-refractivity contribution is -0.131. The van der Waals surface area contributed by atoms with Crippen LogP contribution in [0.3, 0.4) is 0 Å². The second-order valence-electron chi connectivity index (χ2n) is 4.16. The van der Waals surface area contributed by atoms with E-state index in [0.717, 1.165) is 29.2 Å². The summed E-state index contributed by atoms with van der Waals surface area (Å²) in [5.41, 5.74) is 0.123. The summed E-state index contributed by atoms with van der Waals surface area (Å²) in [6, 6.07) is 5.87. The number of carboxylic acid groups (broad SMARTS) is 1. The Kier molecular flexibility index (Phi) is 5.05. The summed E-state index contributed by atoms with van der Waals surface area (Å²) >= 11 is 1.55. The lowest BCUT2D eigenvalue weighted by Gasteiger charge is -2.08. The molecule has 0 aliphatic carbocycles. The third kappa shape index (κ3) is 4.39. The highest BCUT2D eigenvalue weighted by atomic mass is 32.1. The van der Waals surface area contributed by atoms with Crippen LogP contribution in [-0.4, -0.2) is 17.7 Å². The van der Waals surface area contributed by atoms with Gasteiger partial charge in [-0.3, -0.25) is 0 Å². The minimum Gasteiger partial charge on any atom is -0.487 e. The molecule has 0 saturated carbocycles. The third-order valence-corrected chi connectivity index (χ3v) is 3.55. The summed E-state index contributed by atoms with van der Waals surface area (Å²) in [5, 5.41) is 10.4. The largest absolute Gasteiger partial charge is 0.487 e. The van der Waals surface area contributed by atoms with Gasteiger partial charge in [0.05, 0.1) is 6.61 Å². The molecule has 1 N–H and O–H groups in total. The molecule has 0 fully saturated rings. The Morgan fingerprint density at radius 1 is 1.33 bits per heavy atom. The van der Waals surface area contributed by atoms with Crippen molar-refractivity contribution < 1.29 is 23.4 Å². The molecule has 2 rings (SSSR count). The highest BCUT2D eigenvalue weighted by Crippen LogP contribution is 2.24. The van der Waals surface area contributed by atoms with E-state index in [-0.39, 0.29) is 12.2 Å². The van der Waals surface area contributed by atoms with Gasteiger partial charge in [-0.15, -0.1) is 11.3 Å². The molecule has 110 valence electrons. The summed E-state index contributed by atoms with van der Waals surface area (Å²) < 4.78 is 32.7. The third-order valence-electron chi connectivity index (χ3n) is 2.61. The first kappa shape index (κ1) is 15.2. The Bertz CT molecular complexity index is 628. The summed E-state index contributed by atoms with van der Waals surface area (Å²) in [4.78, 5) is 11.4. The van der Waals surface area contributed by atoms with Crippen molar-refractivity contribution in [2.75, 3.05) is 6.61 Å². The van der Waals surface area contributed by atoms with Crippen molar-refractivity contribution >= 4 is 23.4 Å². The van der Waals surface area contributed by atoms with Crippen LogP contribution >= 0.6 is 11.3 Å². The van der Waals surface area contributed by atoms with E-state index in [0.29, 0.717) is 6.42 Å². The van der Waals surface area contributed by atoms with Crippen LogP contribution in [0.4, 0.5) is 8.78 Å². The molecule has 0 aliphatic heterocycles. The van der Waals surface area contributed by atoms with E-state index in [1.807, 2.05) is 17.5 Å². The average molecular weight is 310 g/mol. The molecule has 0 radical (unpaired) electrons. The number of hydrogen-bond donors (Lipinski definition) is 1. The molecular weight excluding hydrogens is 298 g/mol. The van der Waals surface area contributed by atoms with Crippen LogP contribution in [0.15, 0.2) is 35.7 Å². The van der Waals surface area contributed by atoms with E-state index >= 15 is 0 Å². The van der Waals surface area contributed by atoms with Crippen molar-refractivity contribution in [3.05, 3.63) is 57.8 Å². The number of rotatable bonds is 6. The van der Waals surface area contributed by atoms with Crippen molar-refractivity contribution in [2.45, 2.75) is 6.42 Å². The van der Waals surface area contributed by atoms with Crippen LogP contribution < -0.4 is 4.74 Å². The van der Waals surface area contributed by atoms with E-state index in [2.05, 4.69) is 0 Å². The van der Waals surface area contributed by atoms with Crippen molar-refractivity contribution in [3.8, 4) is 5.75 Å². The summed E-state index contributed by atoms with van der Waals surface area (Å²) in [5.74, 6) is -3.34. The van der Waals surface area contributed by atoms with Gasteiger partial charge in [-0.2, -0.15) is 0 Å². The first-order chi connectivity index (χ1) is 10.1. The molecule has 1 aromatic heterocycles. The summed E-state index contributed by atoms with van der Waals surface area (Å²) in [7, 11) is 0. The minimum absolute atomic E-state index is 0.123. The topological polar surface area (TPSA) is 46.5 Å². The number of thiophene rings is 1. The number of hydrogen-bond acceptors (Lipinski definition) is 3. The van der Waals surface area contributed by atoms with Gasteiger partial charge in [0.15, 0.2) is 17.4 Å². The molecule has 0 saturated heterocycles.